The monoisotopic (exact) mass is 322 g/mol. The van der Waals surface area contributed by atoms with Gasteiger partial charge in [-0.15, -0.1) is 0 Å². The van der Waals surface area contributed by atoms with Crippen molar-refractivity contribution in [1.82, 2.24) is 0 Å². The van der Waals surface area contributed by atoms with Gasteiger partial charge >= 0.3 is 0 Å². The highest BCUT2D eigenvalue weighted by molar-refractivity contribution is 9.10. The fraction of sp³-hybridized carbons (Fsp3) is 0.133. The van der Waals surface area contributed by atoms with Crippen LogP contribution in [0.2, 0.25) is 0 Å². The molecule has 0 spiro atoms. The van der Waals surface area contributed by atoms with E-state index >= 15 is 0 Å². The Morgan fingerprint density at radius 3 is 2.63 bits per heavy atom. The van der Waals surface area contributed by atoms with Crippen LogP contribution in [0.25, 0.3) is 0 Å². The van der Waals surface area contributed by atoms with E-state index in [2.05, 4.69) is 15.9 Å². The number of benzene rings is 2. The predicted molar refractivity (Wildman–Crippen MR) is 75.4 cm³/mol. The van der Waals surface area contributed by atoms with E-state index in [-0.39, 0.29) is 11.5 Å². The third-order valence-electron chi connectivity index (χ3n) is 2.70. The maximum absolute atomic E-state index is 13.9. The second-order valence-electron chi connectivity index (χ2n) is 4.19. The third kappa shape index (κ3) is 3.01. The first-order valence-corrected chi connectivity index (χ1v) is 6.52. The summed E-state index contributed by atoms with van der Waals surface area (Å²) in [6.07, 6.45) is 0. The van der Waals surface area contributed by atoms with E-state index in [0.717, 1.165) is 4.47 Å². The van der Waals surface area contributed by atoms with Crippen LogP contribution in [0.1, 0.15) is 22.8 Å². The SMILES string of the molecule is CC(=O)c1ccc(Br)cc1Oc1cccc(C)c1F. The molecule has 2 aromatic carbocycles. The first-order valence-electron chi connectivity index (χ1n) is 5.72. The smallest absolute Gasteiger partial charge is 0.168 e. The van der Waals surface area contributed by atoms with Crippen molar-refractivity contribution < 1.29 is 13.9 Å². The summed E-state index contributed by atoms with van der Waals surface area (Å²) in [6, 6.07) is 9.95. The zero-order chi connectivity index (χ0) is 14.0. The molecule has 4 heteroatoms. The Hall–Kier alpha value is -1.68. The van der Waals surface area contributed by atoms with E-state index in [1.165, 1.54) is 13.0 Å². The topological polar surface area (TPSA) is 26.3 Å². The molecule has 0 saturated carbocycles. The summed E-state index contributed by atoms with van der Waals surface area (Å²) in [4.78, 5) is 11.5. The molecule has 2 rings (SSSR count). The fourth-order valence-electron chi connectivity index (χ4n) is 1.69. The van der Waals surface area contributed by atoms with E-state index < -0.39 is 5.82 Å². The molecule has 0 atom stereocenters. The van der Waals surface area contributed by atoms with Crippen LogP contribution >= 0.6 is 15.9 Å². The zero-order valence-electron chi connectivity index (χ0n) is 10.5. The molecule has 2 aromatic rings. The molecule has 0 aliphatic heterocycles. The molecule has 0 amide bonds. The van der Waals surface area contributed by atoms with E-state index in [1.54, 1.807) is 37.3 Å². The van der Waals surface area contributed by atoms with Gasteiger partial charge in [0.1, 0.15) is 5.75 Å². The van der Waals surface area contributed by atoms with E-state index in [4.69, 9.17) is 4.74 Å². The molecule has 0 fully saturated rings. The molecular formula is C15H12BrFO2. The number of Topliss-reactive ketones (excluding diaryl/α,β-unsaturated/α-hetero) is 1. The quantitative estimate of drug-likeness (QED) is 0.752. The minimum atomic E-state index is -0.419. The molecule has 19 heavy (non-hydrogen) atoms. The van der Waals surface area contributed by atoms with Gasteiger partial charge in [-0.05, 0) is 43.7 Å². The Kier molecular flexibility index (Phi) is 4.00. The third-order valence-corrected chi connectivity index (χ3v) is 3.19. The number of rotatable bonds is 3. The molecule has 2 nitrogen and oxygen atoms in total. The number of hydrogen-bond acceptors (Lipinski definition) is 2. The zero-order valence-corrected chi connectivity index (χ0v) is 12.1. The van der Waals surface area contributed by atoms with Crippen LogP contribution < -0.4 is 4.74 Å². The highest BCUT2D eigenvalue weighted by atomic mass is 79.9. The van der Waals surface area contributed by atoms with Crippen LogP contribution in [-0.2, 0) is 0 Å². The second-order valence-corrected chi connectivity index (χ2v) is 5.10. The maximum Gasteiger partial charge on any atom is 0.168 e. The average molecular weight is 323 g/mol. The average Bonchev–Trinajstić information content (AvgIpc) is 2.35. The maximum atomic E-state index is 13.9. The van der Waals surface area contributed by atoms with Gasteiger partial charge in [-0.3, -0.25) is 4.79 Å². The van der Waals surface area contributed by atoms with Gasteiger partial charge in [-0.2, -0.15) is 0 Å². The summed E-state index contributed by atoms with van der Waals surface area (Å²) in [7, 11) is 0. The summed E-state index contributed by atoms with van der Waals surface area (Å²) in [5.41, 5.74) is 0.918. The molecule has 0 aliphatic rings. The fourth-order valence-corrected chi connectivity index (χ4v) is 2.03. The lowest BCUT2D eigenvalue weighted by molar-refractivity contribution is 0.101. The molecule has 0 unspecified atom stereocenters. The number of carbonyl (C=O) groups excluding carboxylic acids is 1. The van der Waals surface area contributed by atoms with Crippen LogP contribution in [-0.4, -0.2) is 5.78 Å². The van der Waals surface area contributed by atoms with Crippen molar-refractivity contribution in [2.45, 2.75) is 13.8 Å². The molecule has 0 heterocycles. The van der Waals surface area contributed by atoms with Crippen LogP contribution in [0.15, 0.2) is 40.9 Å². The summed E-state index contributed by atoms with van der Waals surface area (Å²) in [5.74, 6) is -0.0977. The summed E-state index contributed by atoms with van der Waals surface area (Å²) < 4.78 is 20.2. The van der Waals surface area contributed by atoms with Crippen molar-refractivity contribution in [1.29, 1.82) is 0 Å². The Labute approximate surface area is 119 Å². The number of hydrogen-bond donors (Lipinski definition) is 0. The van der Waals surface area contributed by atoms with Gasteiger partial charge in [0.15, 0.2) is 17.3 Å². The van der Waals surface area contributed by atoms with Crippen LogP contribution in [0, 0.1) is 12.7 Å². The highest BCUT2D eigenvalue weighted by Crippen LogP contribution is 2.31. The van der Waals surface area contributed by atoms with Gasteiger partial charge in [0.2, 0.25) is 0 Å². The van der Waals surface area contributed by atoms with Crippen molar-refractivity contribution >= 4 is 21.7 Å². The second kappa shape index (κ2) is 5.53. The van der Waals surface area contributed by atoms with Gasteiger partial charge in [0.25, 0.3) is 0 Å². The van der Waals surface area contributed by atoms with Crippen molar-refractivity contribution in [3.05, 3.63) is 57.8 Å². The normalized spacial score (nSPS) is 10.3. The largest absolute Gasteiger partial charge is 0.453 e. The molecule has 0 radical (unpaired) electrons. The van der Waals surface area contributed by atoms with Crippen LogP contribution in [0.3, 0.4) is 0 Å². The van der Waals surface area contributed by atoms with Crippen LogP contribution in [0.5, 0.6) is 11.5 Å². The van der Waals surface area contributed by atoms with Gasteiger partial charge in [0, 0.05) is 4.47 Å². The minimum Gasteiger partial charge on any atom is -0.453 e. The number of aryl methyl sites for hydroxylation is 1. The molecule has 0 aromatic heterocycles. The lowest BCUT2D eigenvalue weighted by Crippen LogP contribution is -1.98. The highest BCUT2D eigenvalue weighted by Gasteiger charge is 2.13. The number of halogens is 2. The van der Waals surface area contributed by atoms with Crippen molar-refractivity contribution in [3.63, 3.8) is 0 Å². The van der Waals surface area contributed by atoms with E-state index in [0.29, 0.717) is 16.9 Å². The van der Waals surface area contributed by atoms with E-state index in [9.17, 15) is 9.18 Å². The van der Waals surface area contributed by atoms with Crippen LogP contribution in [0.4, 0.5) is 4.39 Å². The van der Waals surface area contributed by atoms with E-state index in [1.807, 2.05) is 0 Å². The summed E-state index contributed by atoms with van der Waals surface area (Å²) in [6.45, 7) is 3.11. The molecule has 0 bridgehead atoms. The molecule has 0 N–H and O–H groups in total. The number of ether oxygens (including phenoxy) is 1. The molecule has 0 saturated heterocycles. The van der Waals surface area contributed by atoms with Crippen molar-refractivity contribution in [2.24, 2.45) is 0 Å². The lowest BCUT2D eigenvalue weighted by atomic mass is 10.1. The van der Waals surface area contributed by atoms with Gasteiger partial charge in [-0.1, -0.05) is 28.1 Å². The van der Waals surface area contributed by atoms with Crippen molar-refractivity contribution in [3.8, 4) is 11.5 Å². The minimum absolute atomic E-state index is 0.112. The number of ketones is 1. The van der Waals surface area contributed by atoms with Gasteiger partial charge in [-0.25, -0.2) is 4.39 Å². The predicted octanol–water partition coefficient (Wildman–Crippen LogP) is 4.89. The Bertz CT molecular complexity index is 638. The van der Waals surface area contributed by atoms with Gasteiger partial charge < -0.3 is 4.74 Å². The standard InChI is InChI=1S/C15H12BrFO2/c1-9-4-3-5-13(15(9)17)19-14-8-11(16)6-7-12(14)10(2)18/h3-8H,1-2H3. The van der Waals surface area contributed by atoms with Crippen molar-refractivity contribution in [2.75, 3.05) is 0 Å². The Morgan fingerprint density at radius 2 is 1.95 bits per heavy atom. The molecular weight excluding hydrogens is 311 g/mol. The molecule has 0 aliphatic carbocycles. The lowest BCUT2D eigenvalue weighted by Gasteiger charge is -2.11. The Balaban J connectivity index is 2.45. The first-order chi connectivity index (χ1) is 8.99. The Morgan fingerprint density at radius 1 is 1.21 bits per heavy atom. The first kappa shape index (κ1) is 13.7. The summed E-state index contributed by atoms with van der Waals surface area (Å²) in [5, 5.41) is 0. The summed E-state index contributed by atoms with van der Waals surface area (Å²) >= 11 is 3.31. The molecule has 98 valence electrons. The van der Waals surface area contributed by atoms with Gasteiger partial charge in [0.05, 0.1) is 5.56 Å². The number of carbonyl (C=O) groups is 1.